The molecule has 8 heteroatoms. The number of hydrogen-bond donors (Lipinski definition) is 0. The minimum atomic E-state index is -0.413. The summed E-state index contributed by atoms with van der Waals surface area (Å²) in [6, 6.07) is 6.64. The SMILES string of the molecule is Cc1cc(=O)oc2cc(OCC(=O)N3CCN(CC(=O)N(C)C)CC3)ccc12. The molecule has 28 heavy (non-hydrogen) atoms. The number of aryl methyl sites for hydroxylation is 1. The molecule has 8 nitrogen and oxygen atoms in total. The van der Waals surface area contributed by atoms with Gasteiger partial charge in [-0.2, -0.15) is 0 Å². The summed E-state index contributed by atoms with van der Waals surface area (Å²) < 4.78 is 10.8. The van der Waals surface area contributed by atoms with Gasteiger partial charge in [-0.15, -0.1) is 0 Å². The predicted octanol–water partition coefficient (Wildman–Crippen LogP) is 0.713. The molecule has 2 amide bonds. The molecule has 1 fully saturated rings. The summed E-state index contributed by atoms with van der Waals surface area (Å²) in [5, 5.41) is 0.835. The third-order valence-corrected chi connectivity index (χ3v) is 4.87. The van der Waals surface area contributed by atoms with Crippen LogP contribution in [0.2, 0.25) is 0 Å². The molecule has 0 radical (unpaired) electrons. The number of fused-ring (bicyclic) bond motifs is 1. The molecule has 0 spiro atoms. The minimum Gasteiger partial charge on any atom is -0.484 e. The van der Waals surface area contributed by atoms with Crippen molar-refractivity contribution in [3.63, 3.8) is 0 Å². The number of amides is 2. The summed E-state index contributed by atoms with van der Waals surface area (Å²) in [5.41, 5.74) is 0.859. The minimum absolute atomic E-state index is 0.0568. The number of piperazine rings is 1. The van der Waals surface area contributed by atoms with E-state index in [-0.39, 0.29) is 18.4 Å². The normalized spacial score (nSPS) is 14.9. The van der Waals surface area contributed by atoms with E-state index in [1.54, 1.807) is 36.0 Å². The van der Waals surface area contributed by atoms with E-state index >= 15 is 0 Å². The highest BCUT2D eigenvalue weighted by molar-refractivity contribution is 5.82. The molecular weight excluding hydrogens is 362 g/mol. The molecule has 0 atom stereocenters. The Balaban J connectivity index is 1.53. The molecule has 1 saturated heterocycles. The van der Waals surface area contributed by atoms with Crippen LogP contribution in [0.5, 0.6) is 5.75 Å². The summed E-state index contributed by atoms with van der Waals surface area (Å²) in [6.45, 7) is 4.57. The van der Waals surface area contributed by atoms with Crippen LogP contribution in [0.3, 0.4) is 0 Å². The van der Waals surface area contributed by atoms with E-state index in [9.17, 15) is 14.4 Å². The molecule has 1 aromatic carbocycles. The van der Waals surface area contributed by atoms with Gasteiger partial charge in [-0.05, 0) is 24.6 Å². The molecule has 0 saturated carbocycles. The third kappa shape index (κ3) is 4.69. The second-order valence-corrected chi connectivity index (χ2v) is 7.14. The van der Waals surface area contributed by atoms with Crippen molar-refractivity contribution in [3.8, 4) is 5.75 Å². The zero-order valence-electron chi connectivity index (χ0n) is 16.4. The molecular formula is C20H25N3O5. The Labute approximate surface area is 163 Å². The molecule has 0 aliphatic carbocycles. The van der Waals surface area contributed by atoms with Crippen LogP contribution < -0.4 is 10.4 Å². The van der Waals surface area contributed by atoms with E-state index in [1.165, 1.54) is 6.07 Å². The van der Waals surface area contributed by atoms with Crippen LogP contribution in [0.4, 0.5) is 0 Å². The number of ether oxygens (including phenoxy) is 1. The van der Waals surface area contributed by atoms with Crippen molar-refractivity contribution >= 4 is 22.8 Å². The van der Waals surface area contributed by atoms with Crippen LogP contribution in [-0.2, 0) is 9.59 Å². The van der Waals surface area contributed by atoms with Crippen molar-refractivity contribution in [1.82, 2.24) is 14.7 Å². The smallest absolute Gasteiger partial charge is 0.336 e. The van der Waals surface area contributed by atoms with Gasteiger partial charge in [-0.3, -0.25) is 14.5 Å². The predicted molar refractivity (Wildman–Crippen MR) is 104 cm³/mol. The molecule has 0 bridgehead atoms. The molecule has 3 rings (SSSR count). The molecule has 1 aliphatic rings. The fourth-order valence-electron chi connectivity index (χ4n) is 3.12. The lowest BCUT2D eigenvalue weighted by Crippen LogP contribution is -2.51. The summed E-state index contributed by atoms with van der Waals surface area (Å²) in [6.07, 6.45) is 0. The van der Waals surface area contributed by atoms with Crippen LogP contribution in [0.15, 0.2) is 33.5 Å². The maximum absolute atomic E-state index is 12.4. The fraction of sp³-hybridized carbons (Fsp3) is 0.450. The quantitative estimate of drug-likeness (QED) is 0.703. The Hall–Kier alpha value is -2.87. The second kappa shape index (κ2) is 8.43. The van der Waals surface area contributed by atoms with E-state index in [1.807, 2.05) is 17.9 Å². The number of carbonyl (C=O) groups excluding carboxylic acids is 2. The molecule has 0 unspecified atom stereocenters. The molecule has 1 aromatic heterocycles. The summed E-state index contributed by atoms with van der Waals surface area (Å²) in [5.74, 6) is 0.426. The van der Waals surface area contributed by atoms with Crippen molar-refractivity contribution < 1.29 is 18.7 Å². The first-order valence-corrected chi connectivity index (χ1v) is 9.21. The molecule has 2 heterocycles. The first-order chi connectivity index (χ1) is 13.3. The average Bonchev–Trinajstić information content (AvgIpc) is 2.66. The number of hydrogen-bond acceptors (Lipinski definition) is 6. The first-order valence-electron chi connectivity index (χ1n) is 9.21. The maximum Gasteiger partial charge on any atom is 0.336 e. The monoisotopic (exact) mass is 387 g/mol. The van der Waals surface area contributed by atoms with Gasteiger partial charge in [0, 0.05) is 57.8 Å². The second-order valence-electron chi connectivity index (χ2n) is 7.14. The van der Waals surface area contributed by atoms with Crippen molar-refractivity contribution in [2.24, 2.45) is 0 Å². The van der Waals surface area contributed by atoms with Crippen molar-refractivity contribution in [2.75, 3.05) is 53.4 Å². The van der Waals surface area contributed by atoms with Gasteiger partial charge in [0.2, 0.25) is 5.91 Å². The van der Waals surface area contributed by atoms with Gasteiger partial charge in [0.25, 0.3) is 5.91 Å². The number of likely N-dealkylation sites (N-methyl/N-ethyl adjacent to an activating group) is 1. The topological polar surface area (TPSA) is 83.3 Å². The fourth-order valence-corrected chi connectivity index (χ4v) is 3.12. The highest BCUT2D eigenvalue weighted by atomic mass is 16.5. The zero-order chi connectivity index (χ0) is 20.3. The Bertz CT molecular complexity index is 929. The van der Waals surface area contributed by atoms with Crippen LogP contribution in [0, 0.1) is 6.92 Å². The third-order valence-electron chi connectivity index (χ3n) is 4.87. The Morgan fingerprint density at radius 1 is 1.14 bits per heavy atom. The van der Waals surface area contributed by atoms with Crippen molar-refractivity contribution in [2.45, 2.75) is 6.92 Å². The van der Waals surface area contributed by atoms with Gasteiger partial charge in [0.05, 0.1) is 6.54 Å². The van der Waals surface area contributed by atoms with E-state index in [0.717, 1.165) is 10.9 Å². The largest absolute Gasteiger partial charge is 0.484 e. The van der Waals surface area contributed by atoms with Gasteiger partial charge in [0.15, 0.2) is 6.61 Å². The van der Waals surface area contributed by atoms with E-state index < -0.39 is 5.63 Å². The lowest BCUT2D eigenvalue weighted by Gasteiger charge is -2.34. The van der Waals surface area contributed by atoms with E-state index in [2.05, 4.69) is 0 Å². The number of benzene rings is 1. The van der Waals surface area contributed by atoms with Gasteiger partial charge in [-0.25, -0.2) is 4.79 Å². The Morgan fingerprint density at radius 3 is 2.54 bits per heavy atom. The lowest BCUT2D eigenvalue weighted by atomic mass is 10.1. The first kappa shape index (κ1) is 19.9. The molecule has 150 valence electrons. The standard InChI is InChI=1S/C20H25N3O5/c1-14-10-20(26)28-17-11-15(4-5-16(14)17)27-13-19(25)23-8-6-22(7-9-23)12-18(24)21(2)3/h4-5,10-11H,6-9,12-13H2,1-3H3. The van der Waals surface area contributed by atoms with Gasteiger partial charge in [-0.1, -0.05) is 0 Å². The highest BCUT2D eigenvalue weighted by Crippen LogP contribution is 2.22. The Kier molecular flexibility index (Phi) is 5.99. The van der Waals surface area contributed by atoms with Gasteiger partial charge < -0.3 is 19.0 Å². The summed E-state index contributed by atoms with van der Waals surface area (Å²) >= 11 is 0. The highest BCUT2D eigenvalue weighted by Gasteiger charge is 2.23. The molecule has 2 aromatic rings. The zero-order valence-corrected chi connectivity index (χ0v) is 16.4. The number of carbonyl (C=O) groups is 2. The van der Waals surface area contributed by atoms with Crippen LogP contribution in [0.25, 0.3) is 11.0 Å². The average molecular weight is 387 g/mol. The lowest BCUT2D eigenvalue weighted by molar-refractivity contribution is -0.136. The number of nitrogens with zero attached hydrogens (tertiary/aromatic N) is 3. The van der Waals surface area contributed by atoms with Crippen molar-refractivity contribution in [3.05, 3.63) is 40.2 Å². The van der Waals surface area contributed by atoms with Gasteiger partial charge in [0.1, 0.15) is 11.3 Å². The summed E-state index contributed by atoms with van der Waals surface area (Å²) in [7, 11) is 3.47. The molecule has 0 N–H and O–H groups in total. The van der Waals surface area contributed by atoms with E-state index in [0.29, 0.717) is 44.1 Å². The number of rotatable bonds is 5. The Morgan fingerprint density at radius 2 is 1.86 bits per heavy atom. The maximum atomic E-state index is 12.4. The summed E-state index contributed by atoms with van der Waals surface area (Å²) in [4.78, 5) is 41.1. The van der Waals surface area contributed by atoms with E-state index in [4.69, 9.17) is 9.15 Å². The van der Waals surface area contributed by atoms with Crippen LogP contribution in [-0.4, -0.2) is 79.9 Å². The molecule has 1 aliphatic heterocycles. The van der Waals surface area contributed by atoms with Crippen LogP contribution in [0.1, 0.15) is 5.56 Å². The van der Waals surface area contributed by atoms with Crippen LogP contribution >= 0.6 is 0 Å². The van der Waals surface area contributed by atoms with Gasteiger partial charge >= 0.3 is 5.63 Å². The van der Waals surface area contributed by atoms with Crippen molar-refractivity contribution in [1.29, 1.82) is 0 Å².